The minimum atomic E-state index is -1.11. The van der Waals surface area contributed by atoms with Crippen LogP contribution in [0.25, 0.3) is 0 Å². The van der Waals surface area contributed by atoms with Gasteiger partial charge >= 0.3 is 60.2 Å². The van der Waals surface area contributed by atoms with Crippen molar-refractivity contribution in [3.05, 3.63) is 11.6 Å². The number of carboxylic acid groups (broad SMARTS) is 1. The van der Waals surface area contributed by atoms with Gasteiger partial charge in [-0.2, -0.15) is 0 Å². The molecule has 0 aliphatic heterocycles. The summed E-state index contributed by atoms with van der Waals surface area (Å²) in [4.78, 5) is 10.1. The zero-order chi connectivity index (χ0) is 7.28. The van der Waals surface area contributed by atoms with Gasteiger partial charge in [0.15, 0.2) is 0 Å². The molecular formula is C5H5NO2Se+. The Morgan fingerprint density at radius 3 is 2.56 bits per heavy atom. The van der Waals surface area contributed by atoms with E-state index in [9.17, 15) is 4.79 Å². The van der Waals surface area contributed by atoms with Crippen LogP contribution < -0.4 is 5.26 Å². The summed E-state index contributed by atoms with van der Waals surface area (Å²) in [5, 5.41) is 15.2. The molecule has 0 aromatic rings. The van der Waals surface area contributed by atoms with Crippen LogP contribution in [-0.2, 0) is 4.79 Å². The number of hydrogen-bond donors (Lipinski definition) is 2. The van der Waals surface area contributed by atoms with Crippen LogP contribution in [0.15, 0.2) is 11.6 Å². The first-order valence-corrected chi connectivity index (χ1v) is 3.37. The van der Waals surface area contributed by atoms with E-state index in [-0.39, 0.29) is 5.57 Å². The van der Waals surface area contributed by atoms with E-state index in [1.165, 1.54) is 6.08 Å². The van der Waals surface area contributed by atoms with E-state index in [1.807, 2.05) is 0 Å². The number of allylic oxidation sites excluding steroid dienone is 1. The Morgan fingerprint density at radius 2 is 2.44 bits per heavy atom. The molecule has 4 heteroatoms. The second kappa shape index (κ2) is 4.13. The molecule has 0 unspecified atom stereocenters. The first kappa shape index (κ1) is 8.22. The third kappa shape index (κ3) is 2.91. The number of hydrogen-bond acceptors (Lipinski definition) is 1. The van der Waals surface area contributed by atoms with Gasteiger partial charge in [0.05, 0.1) is 0 Å². The van der Waals surface area contributed by atoms with Gasteiger partial charge in [0.25, 0.3) is 0 Å². The zero-order valence-corrected chi connectivity index (χ0v) is 6.26. The zero-order valence-electron chi connectivity index (χ0n) is 4.55. The standard InChI is InChI=1S/C5H4NO2Se/c6-3-4(1-2-9)5(7)8/h1H,2H2,(H,7,8)/p+1/b4-1+. The van der Waals surface area contributed by atoms with Gasteiger partial charge in [-0.25, -0.2) is 0 Å². The summed E-state index contributed by atoms with van der Waals surface area (Å²) in [7, 11) is 0. The van der Waals surface area contributed by atoms with Crippen molar-refractivity contribution in [3.63, 3.8) is 0 Å². The van der Waals surface area contributed by atoms with Crippen LogP contribution in [0.2, 0.25) is 5.32 Å². The fourth-order valence-corrected chi connectivity index (χ4v) is 0.625. The molecule has 0 aliphatic rings. The molecule has 0 aromatic carbocycles. The van der Waals surface area contributed by atoms with Gasteiger partial charge in [0.1, 0.15) is 0 Å². The molecule has 0 bridgehead atoms. The SMILES string of the molecule is [NH+]#C/C(=C\C[Se])C(=O)O. The van der Waals surface area contributed by atoms with E-state index in [0.29, 0.717) is 5.32 Å². The molecule has 0 heterocycles. The molecule has 0 aliphatic carbocycles. The Morgan fingerprint density at radius 1 is 1.89 bits per heavy atom. The molecule has 0 rings (SSSR count). The van der Waals surface area contributed by atoms with E-state index in [1.54, 1.807) is 6.07 Å². The fourth-order valence-electron chi connectivity index (χ4n) is 0.275. The van der Waals surface area contributed by atoms with E-state index in [2.05, 4.69) is 16.0 Å². The van der Waals surface area contributed by atoms with Crippen molar-refractivity contribution in [3.8, 4) is 6.07 Å². The molecule has 2 N–H and O–H groups in total. The number of nitrogens with one attached hydrogen (secondary N) is 1. The molecule has 47 valence electrons. The van der Waals surface area contributed by atoms with Crippen molar-refractivity contribution in [1.82, 2.24) is 0 Å². The molecule has 1 radical (unpaired) electrons. The molecule has 0 saturated carbocycles. The van der Waals surface area contributed by atoms with Gasteiger partial charge in [-0.3, -0.25) is 0 Å². The van der Waals surface area contributed by atoms with Gasteiger partial charge in [-0.05, 0) is 0 Å². The summed E-state index contributed by atoms with van der Waals surface area (Å²) in [5.74, 6) is -1.11. The predicted octanol–water partition coefficient (Wildman–Crippen LogP) is -1.64. The first-order chi connectivity index (χ1) is 4.22. The quantitative estimate of drug-likeness (QED) is 0.311. The Hall–Kier alpha value is -0.781. The average molecular weight is 190 g/mol. The van der Waals surface area contributed by atoms with Crippen LogP contribution in [0.5, 0.6) is 0 Å². The minimum absolute atomic E-state index is 0.103. The summed E-state index contributed by atoms with van der Waals surface area (Å²) in [6.45, 7) is 0. The molecule has 0 aromatic heterocycles. The number of rotatable bonds is 2. The number of carbonyl (C=O) groups is 1. The van der Waals surface area contributed by atoms with Crippen molar-refractivity contribution in [2.75, 3.05) is 0 Å². The Kier molecular flexibility index (Phi) is 3.78. The van der Waals surface area contributed by atoms with Crippen LogP contribution >= 0.6 is 0 Å². The van der Waals surface area contributed by atoms with Crippen molar-refractivity contribution in [2.45, 2.75) is 5.32 Å². The number of carboxylic acids is 1. The van der Waals surface area contributed by atoms with Crippen LogP contribution in [0.3, 0.4) is 0 Å². The van der Waals surface area contributed by atoms with Gasteiger partial charge in [-0.1, -0.05) is 0 Å². The van der Waals surface area contributed by atoms with Crippen LogP contribution in [0, 0.1) is 6.07 Å². The maximum atomic E-state index is 10.1. The van der Waals surface area contributed by atoms with E-state index >= 15 is 0 Å². The molecule has 0 atom stereocenters. The number of aliphatic carboxylic acids is 1. The maximum absolute atomic E-state index is 10.1. The van der Waals surface area contributed by atoms with Crippen molar-refractivity contribution < 1.29 is 15.2 Å². The summed E-state index contributed by atoms with van der Waals surface area (Å²) >= 11 is 2.60. The third-order valence-corrected chi connectivity index (χ3v) is 1.00. The molecule has 3 nitrogen and oxygen atoms in total. The Labute approximate surface area is 60.8 Å². The average Bonchev–Trinajstić information content (AvgIpc) is 1.82. The normalized spacial score (nSPS) is 10.4. The van der Waals surface area contributed by atoms with Gasteiger partial charge in [0, 0.05) is 0 Å². The monoisotopic (exact) mass is 191 g/mol. The summed E-state index contributed by atoms with van der Waals surface area (Å²) < 4.78 is 0. The Balaban J connectivity index is 4.20. The molecule has 0 saturated heterocycles. The van der Waals surface area contributed by atoms with Crippen LogP contribution in [0.1, 0.15) is 0 Å². The topological polar surface area (TPSA) is 61.1 Å². The van der Waals surface area contributed by atoms with Crippen LogP contribution in [0.4, 0.5) is 0 Å². The third-order valence-electron chi connectivity index (χ3n) is 0.653. The molecule has 9 heavy (non-hydrogen) atoms. The molecule has 0 spiro atoms. The Bertz CT molecular complexity index is 180. The van der Waals surface area contributed by atoms with Gasteiger partial charge in [-0.15, -0.1) is 0 Å². The first-order valence-electron chi connectivity index (χ1n) is 2.16. The second-order valence-corrected chi connectivity index (χ2v) is 1.91. The predicted molar refractivity (Wildman–Crippen MR) is 31.1 cm³/mol. The van der Waals surface area contributed by atoms with Gasteiger partial charge in [0.2, 0.25) is 0 Å². The van der Waals surface area contributed by atoms with Crippen LogP contribution in [-0.4, -0.2) is 27.1 Å². The molecule has 0 fully saturated rings. The second-order valence-electron chi connectivity index (χ2n) is 1.21. The van der Waals surface area contributed by atoms with Crippen molar-refractivity contribution in [1.29, 1.82) is 0 Å². The van der Waals surface area contributed by atoms with E-state index < -0.39 is 5.97 Å². The van der Waals surface area contributed by atoms with E-state index in [0.717, 1.165) is 0 Å². The summed E-state index contributed by atoms with van der Waals surface area (Å²) in [6.07, 6.45) is 1.38. The fraction of sp³-hybridized carbons (Fsp3) is 0.200. The van der Waals surface area contributed by atoms with Crippen molar-refractivity contribution in [2.24, 2.45) is 0 Å². The van der Waals surface area contributed by atoms with Crippen molar-refractivity contribution >= 4 is 22.0 Å². The molecule has 0 amide bonds. The van der Waals surface area contributed by atoms with E-state index in [4.69, 9.17) is 10.4 Å². The molecular weight excluding hydrogens is 185 g/mol. The summed E-state index contributed by atoms with van der Waals surface area (Å²) in [5.41, 5.74) is -0.103. The van der Waals surface area contributed by atoms with Gasteiger partial charge < -0.3 is 0 Å². The summed E-state index contributed by atoms with van der Waals surface area (Å²) in [6, 6.07) is 1.79.